The number of nitrogens with zero attached hydrogens (tertiary/aromatic N) is 5. The smallest absolute Gasteiger partial charge is 0.260 e. The van der Waals surface area contributed by atoms with Crippen LogP contribution in [0.2, 0.25) is 0 Å². The summed E-state index contributed by atoms with van der Waals surface area (Å²) in [5.41, 5.74) is 0.819. The highest BCUT2D eigenvalue weighted by Crippen LogP contribution is 2.51. The summed E-state index contributed by atoms with van der Waals surface area (Å²) in [4.78, 5) is 15.7. The summed E-state index contributed by atoms with van der Waals surface area (Å²) in [7, 11) is 12.8. The first-order valence-electron chi connectivity index (χ1n) is 13.7. The molecular weight excluding hydrogens is 566 g/mol. The van der Waals surface area contributed by atoms with Crippen LogP contribution in [0.5, 0.6) is 35.1 Å². The molecular formula is C32H37N5O7. The molecule has 4 rings (SSSR count). The van der Waals surface area contributed by atoms with Gasteiger partial charge in [0.1, 0.15) is 5.60 Å². The lowest BCUT2D eigenvalue weighted by atomic mass is 9.71. The Morgan fingerprint density at radius 3 is 1.93 bits per heavy atom. The number of methoxy groups -OCH3 is 6. The number of hydrogen-bond donors (Lipinski definition) is 1. The SMILES string of the molecule is COc1cc(C(O)(CCN(C)C)C(c2cc(OC)c(OC)nc2OC)c2cc3cc(C#N)ccc3nc2OC)cc(OC)n1. The summed E-state index contributed by atoms with van der Waals surface area (Å²) in [6, 6.07) is 14.3. The van der Waals surface area contributed by atoms with E-state index in [4.69, 9.17) is 33.4 Å². The fraction of sp³-hybridized carbons (Fsp3) is 0.375. The first-order valence-corrected chi connectivity index (χ1v) is 13.7. The minimum atomic E-state index is -1.70. The van der Waals surface area contributed by atoms with Crippen molar-refractivity contribution in [2.24, 2.45) is 0 Å². The minimum Gasteiger partial charge on any atom is -0.491 e. The van der Waals surface area contributed by atoms with Gasteiger partial charge in [-0.25, -0.2) is 4.98 Å². The summed E-state index contributed by atoms with van der Waals surface area (Å²) in [6.45, 7) is 0.477. The Bertz CT molecular complexity index is 1650. The van der Waals surface area contributed by atoms with Crippen LogP contribution in [0.3, 0.4) is 0 Å². The topological polar surface area (TPSA) is 141 Å². The van der Waals surface area contributed by atoms with Gasteiger partial charge in [0.05, 0.1) is 65.7 Å². The van der Waals surface area contributed by atoms with Crippen LogP contribution in [0, 0.1) is 11.3 Å². The summed E-state index contributed by atoms with van der Waals surface area (Å²) in [6.07, 6.45) is 0.220. The van der Waals surface area contributed by atoms with Gasteiger partial charge in [0.25, 0.3) is 5.88 Å². The van der Waals surface area contributed by atoms with Crippen LogP contribution in [-0.4, -0.2) is 88.3 Å². The van der Waals surface area contributed by atoms with E-state index in [0.717, 1.165) is 0 Å². The Hall–Kier alpha value is -4.86. The molecule has 4 aromatic rings. The van der Waals surface area contributed by atoms with Gasteiger partial charge in [-0.05, 0) is 56.4 Å². The van der Waals surface area contributed by atoms with Gasteiger partial charge in [0.15, 0.2) is 5.75 Å². The largest absolute Gasteiger partial charge is 0.491 e. The molecule has 0 aliphatic carbocycles. The predicted molar refractivity (Wildman–Crippen MR) is 163 cm³/mol. The fourth-order valence-corrected chi connectivity index (χ4v) is 5.23. The molecule has 0 spiro atoms. The van der Waals surface area contributed by atoms with Gasteiger partial charge < -0.3 is 38.4 Å². The van der Waals surface area contributed by atoms with Crippen LogP contribution in [0.1, 0.15) is 34.6 Å². The highest BCUT2D eigenvalue weighted by atomic mass is 16.5. The number of nitriles is 1. The third-order valence-corrected chi connectivity index (χ3v) is 7.42. The second-order valence-electron chi connectivity index (χ2n) is 10.3. The average Bonchev–Trinajstić information content (AvgIpc) is 3.05. The molecule has 232 valence electrons. The van der Waals surface area contributed by atoms with Gasteiger partial charge in [-0.3, -0.25) is 0 Å². The molecule has 12 heteroatoms. The zero-order chi connectivity index (χ0) is 32.0. The minimum absolute atomic E-state index is 0.192. The van der Waals surface area contributed by atoms with Crippen LogP contribution in [0.4, 0.5) is 0 Å². The van der Waals surface area contributed by atoms with E-state index in [1.54, 1.807) is 36.4 Å². The van der Waals surface area contributed by atoms with Gasteiger partial charge in [0.2, 0.25) is 23.5 Å². The van der Waals surface area contributed by atoms with Crippen molar-refractivity contribution in [1.82, 2.24) is 19.9 Å². The number of aliphatic hydroxyl groups is 1. The number of rotatable bonds is 13. The lowest BCUT2D eigenvalue weighted by Crippen LogP contribution is -2.38. The molecule has 0 radical (unpaired) electrons. The zero-order valence-electron chi connectivity index (χ0n) is 26.2. The number of benzene rings is 1. The van der Waals surface area contributed by atoms with Crippen LogP contribution in [0.15, 0.2) is 42.5 Å². The Balaban J connectivity index is 2.18. The van der Waals surface area contributed by atoms with Crippen molar-refractivity contribution in [2.45, 2.75) is 17.9 Å². The molecule has 2 atom stereocenters. The fourth-order valence-electron chi connectivity index (χ4n) is 5.23. The van der Waals surface area contributed by atoms with E-state index in [9.17, 15) is 10.4 Å². The van der Waals surface area contributed by atoms with E-state index >= 15 is 0 Å². The Morgan fingerprint density at radius 2 is 1.39 bits per heavy atom. The highest BCUT2D eigenvalue weighted by molar-refractivity contribution is 5.82. The molecule has 3 heterocycles. The third kappa shape index (κ3) is 6.24. The van der Waals surface area contributed by atoms with E-state index in [-0.39, 0.29) is 35.8 Å². The number of ether oxygens (including phenoxy) is 6. The predicted octanol–water partition coefficient (Wildman–Crippen LogP) is 3.92. The molecule has 0 amide bonds. The molecule has 3 aromatic heterocycles. The third-order valence-electron chi connectivity index (χ3n) is 7.42. The van der Waals surface area contributed by atoms with Crippen LogP contribution >= 0.6 is 0 Å². The summed E-state index contributed by atoms with van der Waals surface area (Å²) in [5, 5.41) is 23.5. The Morgan fingerprint density at radius 1 is 0.773 bits per heavy atom. The van der Waals surface area contributed by atoms with Crippen LogP contribution < -0.4 is 28.4 Å². The standard InChI is InChI=1S/C32H37N5O7/c1-37(2)12-11-32(38,21-15-26(40-4)35-27(16-21)41-5)28(23-17-25(39-3)31(44-8)36-30(23)43-7)22-14-20-13-19(18-33)9-10-24(20)34-29(22)42-6/h9-10,13-17,28,38H,11-12H2,1-8H3. The maximum atomic E-state index is 13.2. The van der Waals surface area contributed by atoms with Gasteiger partial charge >= 0.3 is 0 Å². The summed E-state index contributed by atoms with van der Waals surface area (Å²) >= 11 is 0. The van der Waals surface area contributed by atoms with Crippen LogP contribution in [0.25, 0.3) is 10.9 Å². The molecule has 12 nitrogen and oxygen atoms in total. The van der Waals surface area contributed by atoms with Gasteiger partial charge in [-0.1, -0.05) is 0 Å². The normalized spacial score (nSPS) is 13.1. The molecule has 0 bridgehead atoms. The van der Waals surface area contributed by atoms with Gasteiger partial charge in [-0.2, -0.15) is 15.2 Å². The number of aromatic nitrogens is 3. The number of pyridine rings is 3. The molecule has 0 fully saturated rings. The van der Waals surface area contributed by atoms with Crippen molar-refractivity contribution >= 4 is 10.9 Å². The Kier molecular flexibility index (Phi) is 9.93. The maximum absolute atomic E-state index is 13.2. The lowest BCUT2D eigenvalue weighted by molar-refractivity contribution is 0.00250. The van der Waals surface area contributed by atoms with E-state index in [2.05, 4.69) is 16.0 Å². The summed E-state index contributed by atoms with van der Waals surface area (Å²) < 4.78 is 33.8. The number of fused-ring (bicyclic) bond motifs is 1. The van der Waals surface area contributed by atoms with Crippen molar-refractivity contribution in [3.8, 4) is 41.2 Å². The molecule has 0 saturated carbocycles. The quantitative estimate of drug-likeness (QED) is 0.237. The lowest BCUT2D eigenvalue weighted by Gasteiger charge is -2.39. The zero-order valence-corrected chi connectivity index (χ0v) is 26.2. The molecule has 44 heavy (non-hydrogen) atoms. The van der Waals surface area contributed by atoms with Crippen molar-refractivity contribution in [2.75, 3.05) is 63.3 Å². The molecule has 0 aliphatic heterocycles. The molecule has 1 N–H and O–H groups in total. The van der Waals surface area contributed by atoms with Crippen LogP contribution in [-0.2, 0) is 5.60 Å². The monoisotopic (exact) mass is 603 g/mol. The average molecular weight is 604 g/mol. The van der Waals surface area contributed by atoms with Crippen molar-refractivity contribution in [1.29, 1.82) is 5.26 Å². The summed E-state index contributed by atoms with van der Waals surface area (Å²) in [5.74, 6) is 0.559. The van der Waals surface area contributed by atoms with Gasteiger partial charge in [0, 0.05) is 35.2 Å². The Labute approximate surface area is 256 Å². The second-order valence-corrected chi connectivity index (χ2v) is 10.3. The molecule has 0 aliphatic rings. The van der Waals surface area contributed by atoms with Crippen molar-refractivity contribution in [3.63, 3.8) is 0 Å². The number of hydrogen-bond acceptors (Lipinski definition) is 12. The van der Waals surface area contributed by atoms with E-state index in [1.807, 2.05) is 25.1 Å². The van der Waals surface area contributed by atoms with E-state index < -0.39 is 11.5 Å². The van der Waals surface area contributed by atoms with E-state index in [1.165, 1.54) is 42.7 Å². The van der Waals surface area contributed by atoms with Crippen molar-refractivity contribution < 1.29 is 33.5 Å². The molecule has 2 unspecified atom stereocenters. The highest BCUT2D eigenvalue weighted by Gasteiger charge is 2.45. The first kappa shape index (κ1) is 32.1. The second kappa shape index (κ2) is 13.6. The van der Waals surface area contributed by atoms with Crippen molar-refractivity contribution in [3.05, 3.63) is 64.7 Å². The molecule has 0 saturated heterocycles. The van der Waals surface area contributed by atoms with Gasteiger partial charge in [-0.15, -0.1) is 0 Å². The van der Waals surface area contributed by atoms with E-state index in [0.29, 0.717) is 45.5 Å². The first-order chi connectivity index (χ1) is 21.1. The maximum Gasteiger partial charge on any atom is 0.260 e. The molecule has 1 aromatic carbocycles.